The van der Waals surface area contributed by atoms with E-state index in [0.717, 1.165) is 25.9 Å². The van der Waals surface area contributed by atoms with Crippen LogP contribution in [0.15, 0.2) is 0 Å². The van der Waals surface area contributed by atoms with Gasteiger partial charge in [-0.2, -0.15) is 11.8 Å². The summed E-state index contributed by atoms with van der Waals surface area (Å²) >= 11 is 3.75. The van der Waals surface area contributed by atoms with Crippen LogP contribution < -0.4 is 10.2 Å². The molecule has 0 aliphatic rings. The van der Waals surface area contributed by atoms with Crippen molar-refractivity contribution < 1.29 is 0 Å². The molecule has 3 nitrogen and oxygen atoms in total. The average Bonchev–Trinajstić information content (AvgIpc) is 2.74. The first-order valence-electron chi connectivity index (χ1n) is 6.56. The van der Waals surface area contributed by atoms with Gasteiger partial charge in [0.1, 0.15) is 0 Å². The molecule has 0 aliphatic carbocycles. The monoisotopic (exact) mass is 287 g/mol. The summed E-state index contributed by atoms with van der Waals surface area (Å²) in [7, 11) is 4.15. The van der Waals surface area contributed by atoms with Crippen molar-refractivity contribution >= 4 is 28.2 Å². The highest BCUT2D eigenvalue weighted by Gasteiger charge is 2.12. The molecule has 0 saturated carbocycles. The molecule has 5 heteroatoms. The minimum Gasteiger partial charge on any atom is -0.351 e. The minimum atomic E-state index is 0.936. The first-order chi connectivity index (χ1) is 8.72. The largest absolute Gasteiger partial charge is 0.351 e. The van der Waals surface area contributed by atoms with Crippen molar-refractivity contribution in [2.24, 2.45) is 0 Å². The molecule has 0 unspecified atom stereocenters. The van der Waals surface area contributed by atoms with Gasteiger partial charge >= 0.3 is 0 Å². The van der Waals surface area contributed by atoms with E-state index < -0.39 is 0 Å². The van der Waals surface area contributed by atoms with Crippen LogP contribution in [0.25, 0.3) is 0 Å². The molecule has 1 rings (SSSR count). The van der Waals surface area contributed by atoms with E-state index >= 15 is 0 Å². The van der Waals surface area contributed by atoms with E-state index in [2.05, 4.69) is 30.4 Å². The van der Waals surface area contributed by atoms with Crippen LogP contribution in [0.2, 0.25) is 0 Å². The van der Waals surface area contributed by atoms with E-state index in [4.69, 9.17) is 4.98 Å². The molecule has 0 radical (unpaired) electrons. The zero-order valence-corrected chi connectivity index (χ0v) is 13.6. The van der Waals surface area contributed by atoms with E-state index in [1.807, 2.05) is 30.1 Å². The molecule has 1 N–H and O–H groups in total. The summed E-state index contributed by atoms with van der Waals surface area (Å²) in [6.45, 7) is 4.24. The standard InChI is InChI=1S/C13H25N3S2/c1-5-7-11-12(10-14-2)18-13(15-11)16(3)8-6-9-17-4/h14H,5-10H2,1-4H3. The highest BCUT2D eigenvalue weighted by atomic mass is 32.2. The van der Waals surface area contributed by atoms with Crippen LogP contribution in [0.5, 0.6) is 0 Å². The Morgan fingerprint density at radius 2 is 2.22 bits per heavy atom. The van der Waals surface area contributed by atoms with Gasteiger partial charge in [-0.05, 0) is 31.9 Å². The lowest BCUT2D eigenvalue weighted by molar-refractivity contribution is 0.795. The molecule has 0 saturated heterocycles. The molecule has 1 heterocycles. The Morgan fingerprint density at radius 3 is 2.83 bits per heavy atom. The van der Waals surface area contributed by atoms with Gasteiger partial charge in [-0.3, -0.25) is 0 Å². The number of hydrogen-bond acceptors (Lipinski definition) is 5. The molecule has 1 aromatic heterocycles. The van der Waals surface area contributed by atoms with Crippen LogP contribution in [0.4, 0.5) is 5.13 Å². The number of aryl methyl sites for hydroxylation is 1. The number of aromatic nitrogens is 1. The van der Waals surface area contributed by atoms with E-state index in [1.165, 1.54) is 27.9 Å². The normalized spacial score (nSPS) is 10.9. The molecular weight excluding hydrogens is 262 g/mol. The second kappa shape index (κ2) is 8.77. The molecule has 0 atom stereocenters. The number of nitrogens with zero attached hydrogens (tertiary/aromatic N) is 2. The summed E-state index contributed by atoms with van der Waals surface area (Å²) in [4.78, 5) is 8.48. The molecule has 104 valence electrons. The van der Waals surface area contributed by atoms with Crippen molar-refractivity contribution in [3.63, 3.8) is 0 Å². The smallest absolute Gasteiger partial charge is 0.185 e. The third-order valence-electron chi connectivity index (χ3n) is 2.76. The van der Waals surface area contributed by atoms with Gasteiger partial charge in [-0.1, -0.05) is 13.3 Å². The summed E-state index contributed by atoms with van der Waals surface area (Å²) < 4.78 is 0. The third-order valence-corrected chi connectivity index (χ3v) is 4.67. The Bertz CT molecular complexity index is 315. The maximum atomic E-state index is 4.79. The average molecular weight is 287 g/mol. The lowest BCUT2D eigenvalue weighted by Gasteiger charge is -2.14. The van der Waals surface area contributed by atoms with Crippen molar-refractivity contribution in [1.82, 2.24) is 10.3 Å². The van der Waals surface area contributed by atoms with Gasteiger partial charge in [0.25, 0.3) is 0 Å². The lowest BCUT2D eigenvalue weighted by atomic mass is 10.2. The van der Waals surface area contributed by atoms with Gasteiger partial charge in [0, 0.05) is 25.0 Å². The Balaban J connectivity index is 2.66. The Kier molecular flexibility index (Phi) is 7.70. The molecule has 1 aromatic rings. The zero-order chi connectivity index (χ0) is 13.4. The lowest BCUT2D eigenvalue weighted by Crippen LogP contribution is -2.18. The Labute approximate surface area is 119 Å². The molecule has 0 aliphatic heterocycles. The fourth-order valence-electron chi connectivity index (χ4n) is 1.81. The number of anilines is 1. The third kappa shape index (κ3) is 4.78. The van der Waals surface area contributed by atoms with E-state index in [9.17, 15) is 0 Å². The summed E-state index contributed by atoms with van der Waals surface area (Å²) in [6.07, 6.45) is 5.64. The number of thioether (sulfide) groups is 1. The summed E-state index contributed by atoms with van der Waals surface area (Å²) in [5.41, 5.74) is 1.28. The van der Waals surface area contributed by atoms with Crippen molar-refractivity contribution in [1.29, 1.82) is 0 Å². The number of thiazole rings is 1. The van der Waals surface area contributed by atoms with E-state index in [0.29, 0.717) is 0 Å². The fourth-order valence-corrected chi connectivity index (χ4v) is 3.33. The van der Waals surface area contributed by atoms with Gasteiger partial charge in [0.05, 0.1) is 5.69 Å². The topological polar surface area (TPSA) is 28.2 Å². The summed E-state index contributed by atoms with van der Waals surface area (Å²) in [6, 6.07) is 0. The molecule has 0 bridgehead atoms. The second-order valence-electron chi connectivity index (χ2n) is 4.41. The van der Waals surface area contributed by atoms with Gasteiger partial charge < -0.3 is 10.2 Å². The van der Waals surface area contributed by atoms with Crippen LogP contribution >= 0.6 is 23.1 Å². The second-order valence-corrected chi connectivity index (χ2v) is 6.46. The highest BCUT2D eigenvalue weighted by molar-refractivity contribution is 7.98. The fraction of sp³-hybridized carbons (Fsp3) is 0.769. The van der Waals surface area contributed by atoms with Crippen LogP contribution in [0.3, 0.4) is 0 Å². The predicted molar refractivity (Wildman–Crippen MR) is 85.1 cm³/mol. The van der Waals surface area contributed by atoms with Crippen molar-refractivity contribution in [3.05, 3.63) is 10.6 Å². The molecule has 0 aromatic carbocycles. The van der Waals surface area contributed by atoms with E-state index in [-0.39, 0.29) is 0 Å². The molecule has 0 spiro atoms. The summed E-state index contributed by atoms with van der Waals surface area (Å²) in [5.74, 6) is 1.22. The SMILES string of the molecule is CCCc1nc(N(C)CCCSC)sc1CNC. The molecule has 0 amide bonds. The van der Waals surface area contributed by atoms with Crippen LogP contribution in [0.1, 0.15) is 30.3 Å². The van der Waals surface area contributed by atoms with Crippen molar-refractivity contribution in [3.8, 4) is 0 Å². The van der Waals surface area contributed by atoms with Crippen LogP contribution in [-0.4, -0.2) is 37.6 Å². The maximum Gasteiger partial charge on any atom is 0.185 e. The Morgan fingerprint density at radius 1 is 1.44 bits per heavy atom. The van der Waals surface area contributed by atoms with Gasteiger partial charge in [0.15, 0.2) is 5.13 Å². The van der Waals surface area contributed by atoms with Gasteiger partial charge in [-0.25, -0.2) is 4.98 Å². The van der Waals surface area contributed by atoms with Crippen molar-refractivity contribution in [2.75, 3.05) is 37.5 Å². The quantitative estimate of drug-likeness (QED) is 0.707. The van der Waals surface area contributed by atoms with Crippen LogP contribution in [-0.2, 0) is 13.0 Å². The predicted octanol–water partition coefficient (Wildman–Crippen LogP) is 3.00. The Hall–Kier alpha value is -0.260. The first-order valence-corrected chi connectivity index (χ1v) is 8.77. The maximum absolute atomic E-state index is 4.79. The van der Waals surface area contributed by atoms with Crippen LogP contribution in [0, 0.1) is 0 Å². The summed E-state index contributed by atoms with van der Waals surface area (Å²) in [5, 5.41) is 4.41. The number of hydrogen-bond donors (Lipinski definition) is 1. The highest BCUT2D eigenvalue weighted by Crippen LogP contribution is 2.26. The van der Waals surface area contributed by atoms with Crippen molar-refractivity contribution in [2.45, 2.75) is 32.7 Å². The first kappa shape index (κ1) is 15.8. The molecular formula is C13H25N3S2. The van der Waals surface area contributed by atoms with E-state index in [1.54, 1.807) is 0 Å². The zero-order valence-electron chi connectivity index (χ0n) is 12.0. The minimum absolute atomic E-state index is 0.936. The molecule has 0 fully saturated rings. The van der Waals surface area contributed by atoms with Gasteiger partial charge in [-0.15, -0.1) is 11.3 Å². The van der Waals surface area contributed by atoms with Gasteiger partial charge in [0.2, 0.25) is 0 Å². The number of rotatable bonds is 9. The molecule has 18 heavy (non-hydrogen) atoms. The number of nitrogens with one attached hydrogen (secondary N) is 1.